The number of halogens is 2. The van der Waals surface area contributed by atoms with Crippen LogP contribution in [0.2, 0.25) is 0 Å². The molecule has 3 aromatic carbocycles. The topological polar surface area (TPSA) is 53.9 Å². The molecular formula is C26H25F2N3O2. The van der Waals surface area contributed by atoms with Crippen LogP contribution in [0.3, 0.4) is 0 Å². The second-order valence-electron chi connectivity index (χ2n) is 8.10. The Morgan fingerprint density at radius 2 is 1.85 bits per heavy atom. The fourth-order valence-corrected chi connectivity index (χ4v) is 3.65. The number of nitrogens with zero attached hydrogens (tertiary/aromatic N) is 2. The van der Waals surface area contributed by atoms with Gasteiger partial charge in [-0.3, -0.25) is 0 Å². The molecule has 3 aromatic rings. The number of oxime groups is 1. The van der Waals surface area contributed by atoms with E-state index in [2.05, 4.69) is 10.5 Å². The molecule has 7 heteroatoms. The summed E-state index contributed by atoms with van der Waals surface area (Å²) in [4.78, 5) is 20.1. The van der Waals surface area contributed by atoms with E-state index in [0.29, 0.717) is 13.0 Å². The van der Waals surface area contributed by atoms with Gasteiger partial charge in [0.15, 0.2) is 6.10 Å². The van der Waals surface area contributed by atoms with Crippen LogP contribution in [0.5, 0.6) is 0 Å². The van der Waals surface area contributed by atoms with Crippen molar-refractivity contribution in [2.75, 3.05) is 6.54 Å². The lowest BCUT2D eigenvalue weighted by molar-refractivity contribution is 0.0586. The molecule has 0 spiro atoms. The molecule has 0 saturated heterocycles. The van der Waals surface area contributed by atoms with Gasteiger partial charge in [0.25, 0.3) is 0 Å². The van der Waals surface area contributed by atoms with Crippen molar-refractivity contribution >= 4 is 11.7 Å². The van der Waals surface area contributed by atoms with Gasteiger partial charge in [-0.15, -0.1) is 0 Å². The Morgan fingerprint density at radius 1 is 1.09 bits per heavy atom. The Labute approximate surface area is 191 Å². The lowest BCUT2D eigenvalue weighted by Crippen LogP contribution is -2.43. The average Bonchev–Trinajstić information content (AvgIpc) is 3.28. The van der Waals surface area contributed by atoms with Crippen LogP contribution < -0.4 is 5.32 Å². The summed E-state index contributed by atoms with van der Waals surface area (Å²) in [6.07, 6.45) is 0.157. The van der Waals surface area contributed by atoms with Gasteiger partial charge in [0.05, 0.1) is 18.8 Å². The summed E-state index contributed by atoms with van der Waals surface area (Å²) >= 11 is 0. The number of urea groups is 1. The second kappa shape index (κ2) is 10.3. The molecule has 1 aliphatic rings. The molecule has 4 rings (SSSR count). The third kappa shape index (κ3) is 5.94. The van der Waals surface area contributed by atoms with E-state index >= 15 is 0 Å². The van der Waals surface area contributed by atoms with Crippen molar-refractivity contribution in [1.82, 2.24) is 10.2 Å². The van der Waals surface area contributed by atoms with Crippen LogP contribution in [-0.4, -0.2) is 29.3 Å². The molecule has 0 saturated carbocycles. The number of nitrogens with one attached hydrogen (secondary N) is 1. The zero-order valence-electron chi connectivity index (χ0n) is 18.3. The van der Waals surface area contributed by atoms with Crippen molar-refractivity contribution in [2.24, 2.45) is 5.16 Å². The summed E-state index contributed by atoms with van der Waals surface area (Å²) in [6, 6.07) is 20.5. The maximum atomic E-state index is 14.3. The molecule has 1 heterocycles. The molecule has 1 N–H and O–H groups in total. The minimum absolute atomic E-state index is 0.0214. The van der Waals surface area contributed by atoms with Gasteiger partial charge < -0.3 is 15.1 Å². The maximum absolute atomic E-state index is 14.3. The number of hydrogen-bond donors (Lipinski definition) is 1. The molecule has 1 aliphatic heterocycles. The number of aryl methyl sites for hydroxylation is 1. The fourth-order valence-electron chi connectivity index (χ4n) is 3.65. The number of carbonyl (C=O) groups is 1. The monoisotopic (exact) mass is 449 g/mol. The number of benzene rings is 3. The van der Waals surface area contributed by atoms with E-state index in [0.717, 1.165) is 28.5 Å². The molecule has 1 atom stereocenters. The summed E-state index contributed by atoms with van der Waals surface area (Å²) in [6.45, 7) is 2.53. The zero-order valence-corrected chi connectivity index (χ0v) is 18.3. The van der Waals surface area contributed by atoms with Crippen molar-refractivity contribution in [3.05, 3.63) is 107 Å². The lowest BCUT2D eigenvalue weighted by Gasteiger charge is -2.25. The highest BCUT2D eigenvalue weighted by molar-refractivity contribution is 6.01. The van der Waals surface area contributed by atoms with E-state index in [1.807, 2.05) is 61.5 Å². The summed E-state index contributed by atoms with van der Waals surface area (Å²) in [5, 5.41) is 7.06. The van der Waals surface area contributed by atoms with Crippen molar-refractivity contribution in [3.8, 4) is 0 Å². The normalized spacial score (nSPS) is 15.0. The van der Waals surface area contributed by atoms with Crippen LogP contribution in [0.1, 0.15) is 28.7 Å². The Hall–Kier alpha value is -3.74. The highest BCUT2D eigenvalue weighted by Crippen LogP contribution is 2.20. The summed E-state index contributed by atoms with van der Waals surface area (Å²) in [7, 11) is 0. The molecular weight excluding hydrogens is 424 g/mol. The third-order valence-corrected chi connectivity index (χ3v) is 5.49. The van der Waals surface area contributed by atoms with Crippen LogP contribution in [0.25, 0.3) is 0 Å². The smallest absolute Gasteiger partial charge is 0.318 e. The summed E-state index contributed by atoms with van der Waals surface area (Å²) in [5.41, 5.74) is 4.09. The number of amides is 2. The average molecular weight is 450 g/mol. The van der Waals surface area contributed by atoms with Gasteiger partial charge in [-0.05, 0) is 24.1 Å². The number of carbonyl (C=O) groups excluding carboxylic acids is 1. The Balaban J connectivity index is 1.45. The van der Waals surface area contributed by atoms with E-state index in [9.17, 15) is 13.6 Å². The number of rotatable bonds is 7. The van der Waals surface area contributed by atoms with Crippen LogP contribution in [0.15, 0.2) is 78.0 Å². The van der Waals surface area contributed by atoms with Gasteiger partial charge in [0.2, 0.25) is 0 Å². The quantitative estimate of drug-likeness (QED) is 0.541. The minimum atomic E-state index is -0.695. The van der Waals surface area contributed by atoms with Crippen molar-refractivity contribution in [2.45, 2.75) is 32.5 Å². The fraction of sp³-hybridized carbons (Fsp3) is 0.231. The van der Waals surface area contributed by atoms with E-state index in [1.165, 1.54) is 17.0 Å². The van der Waals surface area contributed by atoms with Gasteiger partial charge in [-0.2, -0.15) is 0 Å². The highest BCUT2D eigenvalue weighted by atomic mass is 19.1. The SMILES string of the molecule is Cc1ccc(C2=NOC(CN(Cc3ccc(F)cc3F)C(=O)NCc3ccccc3)C2)cc1. The first kappa shape index (κ1) is 22.5. The van der Waals surface area contributed by atoms with Gasteiger partial charge in [-0.1, -0.05) is 71.4 Å². The van der Waals surface area contributed by atoms with Gasteiger partial charge in [0.1, 0.15) is 11.6 Å². The first-order chi connectivity index (χ1) is 16.0. The molecule has 0 aromatic heterocycles. The first-order valence-corrected chi connectivity index (χ1v) is 10.8. The summed E-state index contributed by atoms with van der Waals surface area (Å²) in [5.74, 6) is -1.36. The molecule has 0 bridgehead atoms. The Kier molecular flexibility index (Phi) is 6.98. The van der Waals surface area contributed by atoms with Crippen LogP contribution in [0.4, 0.5) is 13.6 Å². The predicted molar refractivity (Wildman–Crippen MR) is 123 cm³/mol. The molecule has 33 heavy (non-hydrogen) atoms. The Bertz CT molecular complexity index is 1130. The van der Waals surface area contributed by atoms with Crippen molar-refractivity contribution in [1.29, 1.82) is 0 Å². The second-order valence-corrected chi connectivity index (χ2v) is 8.10. The van der Waals surface area contributed by atoms with E-state index < -0.39 is 11.6 Å². The standard InChI is InChI=1S/C26H25F2N3O2/c1-18-7-9-20(10-8-18)25-14-23(33-30-25)17-31(16-21-11-12-22(27)13-24(21)28)26(32)29-15-19-5-3-2-4-6-19/h2-13,23H,14-17H2,1H3,(H,29,32). The molecule has 2 amide bonds. The highest BCUT2D eigenvalue weighted by Gasteiger charge is 2.27. The molecule has 0 radical (unpaired) electrons. The molecule has 0 fully saturated rings. The molecule has 0 aliphatic carbocycles. The third-order valence-electron chi connectivity index (χ3n) is 5.49. The van der Waals surface area contributed by atoms with E-state index in [4.69, 9.17) is 4.84 Å². The predicted octanol–water partition coefficient (Wildman–Crippen LogP) is 5.18. The molecule has 1 unspecified atom stereocenters. The Morgan fingerprint density at radius 3 is 2.58 bits per heavy atom. The van der Waals surface area contributed by atoms with Gasteiger partial charge >= 0.3 is 6.03 Å². The number of hydrogen-bond acceptors (Lipinski definition) is 3. The molecule has 5 nitrogen and oxygen atoms in total. The van der Waals surface area contributed by atoms with Gasteiger partial charge in [-0.25, -0.2) is 13.6 Å². The summed E-state index contributed by atoms with van der Waals surface area (Å²) < 4.78 is 27.6. The van der Waals surface area contributed by atoms with Gasteiger partial charge in [0, 0.05) is 24.6 Å². The maximum Gasteiger partial charge on any atom is 0.318 e. The zero-order chi connectivity index (χ0) is 23.2. The van der Waals surface area contributed by atoms with Crippen LogP contribution in [0, 0.1) is 18.6 Å². The largest absolute Gasteiger partial charge is 0.390 e. The van der Waals surface area contributed by atoms with Crippen molar-refractivity contribution in [3.63, 3.8) is 0 Å². The van der Waals surface area contributed by atoms with E-state index in [-0.39, 0.29) is 30.8 Å². The first-order valence-electron chi connectivity index (χ1n) is 10.8. The molecule has 170 valence electrons. The minimum Gasteiger partial charge on any atom is -0.390 e. The van der Waals surface area contributed by atoms with E-state index in [1.54, 1.807) is 0 Å². The van der Waals surface area contributed by atoms with Crippen LogP contribution >= 0.6 is 0 Å². The van der Waals surface area contributed by atoms with Crippen molar-refractivity contribution < 1.29 is 18.4 Å². The van der Waals surface area contributed by atoms with Crippen LogP contribution in [-0.2, 0) is 17.9 Å². The lowest BCUT2D eigenvalue weighted by atomic mass is 10.0.